The molecule has 74 valence electrons. The Kier molecular flexibility index (Phi) is 3.19. The standard InChI is InChI=1S/C8H9N3O2S/c1-4-5(2)10-8(11-7(4)13)14-3-6(9)12/h1,3H2,2H3,(H2,9,12). The van der Waals surface area contributed by atoms with Gasteiger partial charge in [0.1, 0.15) is 0 Å². The average Bonchev–Trinajstić information content (AvgIpc) is 2.10. The number of hydrogen-bond acceptors (Lipinski definition) is 4. The molecule has 0 aromatic heterocycles. The number of carbonyl (C=O) groups is 2. The van der Waals surface area contributed by atoms with Gasteiger partial charge in [0.2, 0.25) is 5.91 Å². The summed E-state index contributed by atoms with van der Waals surface area (Å²) in [5.74, 6) is -0.818. The third kappa shape index (κ3) is 2.53. The molecule has 0 fully saturated rings. The minimum Gasteiger partial charge on any atom is -0.369 e. The number of carbonyl (C=O) groups excluding carboxylic acids is 2. The normalized spacial score (nSPS) is 16.4. The van der Waals surface area contributed by atoms with E-state index in [0.717, 1.165) is 11.8 Å². The van der Waals surface area contributed by atoms with E-state index in [1.165, 1.54) is 0 Å². The molecule has 0 bridgehead atoms. The summed E-state index contributed by atoms with van der Waals surface area (Å²) in [7, 11) is 0. The summed E-state index contributed by atoms with van der Waals surface area (Å²) in [6.07, 6.45) is 0. The second-order valence-corrected chi connectivity index (χ2v) is 3.57. The lowest BCUT2D eigenvalue weighted by Crippen LogP contribution is -2.18. The lowest BCUT2D eigenvalue weighted by atomic mass is 10.2. The Morgan fingerprint density at radius 3 is 2.71 bits per heavy atom. The van der Waals surface area contributed by atoms with E-state index in [2.05, 4.69) is 16.6 Å². The maximum Gasteiger partial charge on any atom is 0.280 e. The third-order valence-electron chi connectivity index (χ3n) is 1.50. The van der Waals surface area contributed by atoms with Crippen LogP contribution in [0, 0.1) is 0 Å². The zero-order valence-electron chi connectivity index (χ0n) is 7.61. The summed E-state index contributed by atoms with van der Waals surface area (Å²) in [6, 6.07) is 0. The number of amides is 2. The predicted octanol–water partition coefficient (Wildman–Crippen LogP) is 0.118. The molecule has 0 aromatic rings. The zero-order valence-corrected chi connectivity index (χ0v) is 8.43. The molecule has 1 rings (SSSR count). The van der Waals surface area contributed by atoms with Crippen LogP contribution in [0.15, 0.2) is 22.1 Å². The first-order valence-electron chi connectivity index (χ1n) is 3.79. The molecule has 14 heavy (non-hydrogen) atoms. The summed E-state index contributed by atoms with van der Waals surface area (Å²) < 4.78 is 0. The second kappa shape index (κ2) is 4.19. The molecular formula is C8H9N3O2S. The summed E-state index contributed by atoms with van der Waals surface area (Å²) in [6.45, 7) is 5.18. The quantitative estimate of drug-likeness (QED) is 0.658. The van der Waals surface area contributed by atoms with Crippen LogP contribution < -0.4 is 5.73 Å². The summed E-state index contributed by atoms with van der Waals surface area (Å²) in [5, 5.41) is 0.263. The van der Waals surface area contributed by atoms with E-state index < -0.39 is 11.8 Å². The fourth-order valence-electron chi connectivity index (χ4n) is 0.745. The Labute approximate surface area is 85.2 Å². The zero-order chi connectivity index (χ0) is 10.7. The van der Waals surface area contributed by atoms with Crippen molar-refractivity contribution < 1.29 is 9.59 Å². The highest BCUT2D eigenvalue weighted by Crippen LogP contribution is 2.13. The van der Waals surface area contributed by atoms with Gasteiger partial charge in [-0.05, 0) is 6.92 Å². The van der Waals surface area contributed by atoms with Crippen molar-refractivity contribution in [3.63, 3.8) is 0 Å². The Hall–Kier alpha value is -1.43. The van der Waals surface area contributed by atoms with Crippen molar-refractivity contribution in [1.29, 1.82) is 0 Å². The molecule has 5 nitrogen and oxygen atoms in total. The molecule has 0 unspecified atom stereocenters. The Morgan fingerprint density at radius 2 is 2.21 bits per heavy atom. The number of rotatable bonds is 2. The van der Waals surface area contributed by atoms with Crippen LogP contribution in [0.4, 0.5) is 0 Å². The molecule has 1 heterocycles. The summed E-state index contributed by atoms with van der Waals surface area (Å²) in [5.41, 5.74) is 5.75. The maximum atomic E-state index is 11.2. The van der Waals surface area contributed by atoms with Crippen LogP contribution in [0.25, 0.3) is 0 Å². The van der Waals surface area contributed by atoms with Gasteiger partial charge in [0.25, 0.3) is 5.91 Å². The highest BCUT2D eigenvalue weighted by atomic mass is 32.2. The Morgan fingerprint density at radius 1 is 1.57 bits per heavy atom. The van der Waals surface area contributed by atoms with Gasteiger partial charge in [-0.3, -0.25) is 9.59 Å². The first kappa shape index (κ1) is 10.6. The lowest BCUT2D eigenvalue weighted by Gasteiger charge is -2.08. The topological polar surface area (TPSA) is 84.9 Å². The Bertz CT molecular complexity index is 371. The molecule has 0 saturated carbocycles. The highest BCUT2D eigenvalue weighted by Gasteiger charge is 2.17. The van der Waals surface area contributed by atoms with Crippen LogP contribution in [0.2, 0.25) is 0 Å². The number of nitrogens with zero attached hydrogens (tertiary/aromatic N) is 2. The van der Waals surface area contributed by atoms with Gasteiger partial charge in [0, 0.05) is 0 Å². The van der Waals surface area contributed by atoms with Gasteiger partial charge >= 0.3 is 0 Å². The van der Waals surface area contributed by atoms with Crippen molar-refractivity contribution in [2.24, 2.45) is 15.7 Å². The lowest BCUT2D eigenvalue weighted by molar-refractivity contribution is -0.116. The number of aliphatic imine (C=N–C) groups is 2. The molecular weight excluding hydrogens is 202 g/mol. The van der Waals surface area contributed by atoms with Crippen LogP contribution in [-0.2, 0) is 9.59 Å². The molecule has 0 atom stereocenters. The van der Waals surface area contributed by atoms with Crippen LogP contribution in [0.1, 0.15) is 6.92 Å². The van der Waals surface area contributed by atoms with Gasteiger partial charge in [-0.25, -0.2) is 4.99 Å². The van der Waals surface area contributed by atoms with Gasteiger partial charge in [0.05, 0.1) is 17.0 Å². The van der Waals surface area contributed by atoms with Crippen LogP contribution >= 0.6 is 11.8 Å². The molecule has 0 radical (unpaired) electrons. The van der Waals surface area contributed by atoms with E-state index in [0.29, 0.717) is 5.71 Å². The van der Waals surface area contributed by atoms with Crippen LogP contribution in [0.3, 0.4) is 0 Å². The van der Waals surface area contributed by atoms with E-state index in [9.17, 15) is 9.59 Å². The monoisotopic (exact) mass is 211 g/mol. The fourth-order valence-corrected chi connectivity index (χ4v) is 1.37. The largest absolute Gasteiger partial charge is 0.369 e. The van der Waals surface area contributed by atoms with Crippen molar-refractivity contribution >= 4 is 34.5 Å². The molecule has 0 spiro atoms. The van der Waals surface area contributed by atoms with Crippen molar-refractivity contribution in [2.45, 2.75) is 6.92 Å². The number of primary amides is 1. The predicted molar refractivity (Wildman–Crippen MR) is 56.3 cm³/mol. The van der Waals surface area contributed by atoms with E-state index in [1.54, 1.807) is 6.92 Å². The number of thioether (sulfide) groups is 1. The molecule has 1 aliphatic heterocycles. The first-order valence-corrected chi connectivity index (χ1v) is 4.78. The van der Waals surface area contributed by atoms with Crippen molar-refractivity contribution in [3.8, 4) is 0 Å². The fraction of sp³-hybridized carbons (Fsp3) is 0.250. The summed E-state index contributed by atoms with van der Waals surface area (Å²) >= 11 is 1.04. The number of nitrogens with two attached hydrogens (primary N) is 1. The molecule has 2 amide bonds. The van der Waals surface area contributed by atoms with Crippen LogP contribution in [0.5, 0.6) is 0 Å². The molecule has 0 aromatic carbocycles. The molecule has 6 heteroatoms. The van der Waals surface area contributed by atoms with Crippen molar-refractivity contribution in [1.82, 2.24) is 0 Å². The number of amidine groups is 1. The van der Waals surface area contributed by atoms with Gasteiger partial charge in [-0.1, -0.05) is 18.3 Å². The van der Waals surface area contributed by atoms with Crippen molar-refractivity contribution in [3.05, 3.63) is 12.2 Å². The molecule has 0 aliphatic carbocycles. The second-order valence-electron chi connectivity index (χ2n) is 2.63. The smallest absolute Gasteiger partial charge is 0.280 e. The van der Waals surface area contributed by atoms with Gasteiger partial charge < -0.3 is 5.73 Å². The first-order chi connectivity index (χ1) is 6.50. The van der Waals surface area contributed by atoms with Gasteiger partial charge in [-0.15, -0.1) is 0 Å². The molecule has 1 aliphatic rings. The van der Waals surface area contributed by atoms with Gasteiger partial charge in [-0.2, -0.15) is 4.99 Å². The van der Waals surface area contributed by atoms with E-state index in [4.69, 9.17) is 5.73 Å². The summed E-state index contributed by atoms with van der Waals surface area (Å²) in [4.78, 5) is 29.2. The van der Waals surface area contributed by atoms with Crippen LogP contribution in [-0.4, -0.2) is 28.4 Å². The average molecular weight is 211 g/mol. The van der Waals surface area contributed by atoms with E-state index in [-0.39, 0.29) is 16.5 Å². The van der Waals surface area contributed by atoms with Crippen molar-refractivity contribution in [2.75, 3.05) is 5.75 Å². The molecule has 2 N–H and O–H groups in total. The van der Waals surface area contributed by atoms with Gasteiger partial charge in [0.15, 0.2) is 5.17 Å². The molecule has 0 saturated heterocycles. The minimum absolute atomic E-state index is 0.0649. The number of hydrogen-bond donors (Lipinski definition) is 1. The minimum atomic E-state index is -0.470. The third-order valence-corrected chi connectivity index (χ3v) is 2.37. The SMILES string of the molecule is C=C1C(=O)N=C(SCC(N)=O)N=C1C. The van der Waals surface area contributed by atoms with E-state index in [1.807, 2.05) is 0 Å². The van der Waals surface area contributed by atoms with E-state index >= 15 is 0 Å². The maximum absolute atomic E-state index is 11.2. The highest BCUT2D eigenvalue weighted by molar-refractivity contribution is 8.14. The Balaban J connectivity index is 2.73.